The molecule has 1 atom stereocenters. The number of halogens is 1. The van der Waals surface area contributed by atoms with Crippen molar-refractivity contribution >= 4 is 50.1 Å². The number of benzene rings is 1. The lowest BCUT2D eigenvalue weighted by Gasteiger charge is -2.14. The molecule has 0 spiro atoms. The molecule has 0 saturated carbocycles. The number of sulfone groups is 1. The highest BCUT2D eigenvalue weighted by molar-refractivity contribution is 14.1. The van der Waals surface area contributed by atoms with Crippen molar-refractivity contribution in [1.29, 1.82) is 0 Å². The topological polar surface area (TPSA) is 113 Å². The van der Waals surface area contributed by atoms with Crippen molar-refractivity contribution in [2.24, 2.45) is 0 Å². The normalized spacial score (nSPS) is 12.5. The minimum absolute atomic E-state index is 0.187. The lowest BCUT2D eigenvalue weighted by Crippen LogP contribution is -2.43. The van der Waals surface area contributed by atoms with Crippen molar-refractivity contribution < 1.29 is 23.1 Å². The lowest BCUT2D eigenvalue weighted by atomic mass is 10.2. The van der Waals surface area contributed by atoms with Crippen LogP contribution in [0.5, 0.6) is 0 Å². The third-order valence-corrected chi connectivity index (χ3v) is 4.11. The molecule has 0 saturated heterocycles. The van der Waals surface area contributed by atoms with Gasteiger partial charge in [-0.3, -0.25) is 0 Å². The molecule has 1 rings (SSSR count). The molecule has 9 heteroatoms. The number of hydrogen-bond acceptors (Lipinski definition) is 4. The zero-order valence-electron chi connectivity index (χ0n) is 11.2. The molecule has 1 unspecified atom stereocenters. The van der Waals surface area contributed by atoms with Crippen molar-refractivity contribution in [3.63, 3.8) is 0 Å². The van der Waals surface area contributed by atoms with Gasteiger partial charge in [0.2, 0.25) is 0 Å². The minimum atomic E-state index is -3.29. The van der Waals surface area contributed by atoms with Crippen LogP contribution >= 0.6 is 22.6 Å². The van der Waals surface area contributed by atoms with Crippen LogP contribution in [-0.4, -0.2) is 43.6 Å². The monoisotopic (exact) mass is 426 g/mol. The Bertz CT molecular complexity index is 632. The van der Waals surface area contributed by atoms with E-state index >= 15 is 0 Å². The highest BCUT2D eigenvalue weighted by Crippen LogP contribution is 2.12. The second-order valence-electron chi connectivity index (χ2n) is 4.42. The second-order valence-corrected chi connectivity index (χ2v) is 7.92. The second kappa shape index (κ2) is 7.59. The van der Waals surface area contributed by atoms with Crippen LogP contribution in [0.1, 0.15) is 6.42 Å². The lowest BCUT2D eigenvalue weighted by molar-refractivity contribution is -0.139. The van der Waals surface area contributed by atoms with Gasteiger partial charge in [0.25, 0.3) is 0 Å². The first-order chi connectivity index (χ1) is 9.67. The van der Waals surface area contributed by atoms with E-state index in [0.29, 0.717) is 5.69 Å². The number of carbonyl (C=O) groups is 2. The number of nitrogens with one attached hydrogen (secondary N) is 2. The first-order valence-electron chi connectivity index (χ1n) is 5.91. The maximum absolute atomic E-state index is 11.7. The summed E-state index contributed by atoms with van der Waals surface area (Å²) < 4.78 is 23.0. The molecule has 0 aliphatic carbocycles. The molecule has 0 heterocycles. The Morgan fingerprint density at radius 1 is 1.38 bits per heavy atom. The quantitative estimate of drug-likeness (QED) is 0.594. The molecular weight excluding hydrogens is 411 g/mol. The number of carboxylic acids is 1. The molecule has 1 aromatic carbocycles. The molecule has 1 aromatic rings. The van der Waals surface area contributed by atoms with Gasteiger partial charge in [0.05, 0.1) is 5.75 Å². The van der Waals surface area contributed by atoms with Crippen molar-refractivity contribution in [3.05, 3.63) is 27.8 Å². The zero-order valence-corrected chi connectivity index (χ0v) is 14.1. The number of carboxylic acid groups (broad SMARTS) is 1. The highest BCUT2D eigenvalue weighted by Gasteiger charge is 2.21. The maximum atomic E-state index is 11.7. The number of amides is 2. The number of aliphatic carboxylic acids is 1. The molecule has 0 radical (unpaired) electrons. The molecule has 21 heavy (non-hydrogen) atoms. The van der Waals surface area contributed by atoms with E-state index in [2.05, 4.69) is 33.2 Å². The molecule has 7 nitrogen and oxygen atoms in total. The smallest absolute Gasteiger partial charge is 0.326 e. The molecule has 116 valence electrons. The van der Waals surface area contributed by atoms with Crippen LogP contribution in [0, 0.1) is 3.57 Å². The fourth-order valence-electron chi connectivity index (χ4n) is 1.48. The number of carbonyl (C=O) groups excluding carboxylic acids is 1. The third kappa shape index (κ3) is 7.27. The van der Waals surface area contributed by atoms with Crippen molar-refractivity contribution in [2.45, 2.75) is 12.5 Å². The van der Waals surface area contributed by atoms with E-state index in [-0.39, 0.29) is 12.2 Å². The molecule has 3 N–H and O–H groups in total. The summed E-state index contributed by atoms with van der Waals surface area (Å²) in [6.45, 7) is 0. The van der Waals surface area contributed by atoms with Crippen LogP contribution in [0.4, 0.5) is 10.5 Å². The van der Waals surface area contributed by atoms with Crippen molar-refractivity contribution in [1.82, 2.24) is 5.32 Å². The van der Waals surface area contributed by atoms with Crippen LogP contribution < -0.4 is 10.6 Å². The van der Waals surface area contributed by atoms with E-state index in [1.165, 1.54) is 0 Å². The summed E-state index contributed by atoms with van der Waals surface area (Å²) in [5, 5.41) is 13.7. The fourth-order valence-corrected chi connectivity index (χ4v) is 2.69. The average Bonchev–Trinajstić information content (AvgIpc) is 2.32. The van der Waals surface area contributed by atoms with Gasteiger partial charge in [-0.15, -0.1) is 0 Å². The summed E-state index contributed by atoms with van der Waals surface area (Å²) in [5.74, 6) is -1.59. The summed E-state index contributed by atoms with van der Waals surface area (Å²) in [7, 11) is -3.29. The van der Waals surface area contributed by atoms with Gasteiger partial charge in [-0.2, -0.15) is 0 Å². The van der Waals surface area contributed by atoms with Gasteiger partial charge in [0.1, 0.15) is 15.9 Å². The Balaban J connectivity index is 2.62. The van der Waals surface area contributed by atoms with E-state index in [0.717, 1.165) is 9.83 Å². The SMILES string of the molecule is CS(=O)(=O)CCC(NC(=O)Nc1cccc(I)c1)C(=O)O. The first kappa shape index (κ1) is 17.7. The van der Waals surface area contributed by atoms with E-state index < -0.39 is 27.9 Å². The van der Waals surface area contributed by atoms with Gasteiger partial charge in [-0.25, -0.2) is 18.0 Å². The predicted molar refractivity (Wildman–Crippen MR) is 87.1 cm³/mol. The predicted octanol–water partition coefficient (Wildman–Crippen LogP) is 1.30. The Morgan fingerprint density at radius 3 is 2.57 bits per heavy atom. The summed E-state index contributed by atoms with van der Waals surface area (Å²) in [5.41, 5.74) is 0.520. The maximum Gasteiger partial charge on any atom is 0.326 e. The summed E-state index contributed by atoms with van der Waals surface area (Å²) in [6.07, 6.45) is 0.825. The van der Waals surface area contributed by atoms with Crippen LogP contribution in [0.2, 0.25) is 0 Å². The standard InChI is InChI=1S/C12H15IN2O5S/c1-21(19,20)6-5-10(11(16)17)15-12(18)14-9-4-2-3-8(13)7-9/h2-4,7,10H,5-6H2,1H3,(H,16,17)(H2,14,15,18). The minimum Gasteiger partial charge on any atom is -0.480 e. The Labute approximate surface area is 136 Å². The molecule has 0 aliphatic heterocycles. The number of rotatable bonds is 6. The zero-order chi connectivity index (χ0) is 16.0. The molecular formula is C12H15IN2O5S. The summed E-state index contributed by atoms with van der Waals surface area (Å²) in [6, 6.07) is 5.01. The number of urea groups is 1. The number of anilines is 1. The molecule has 0 bridgehead atoms. The third-order valence-electron chi connectivity index (χ3n) is 2.46. The van der Waals surface area contributed by atoms with Gasteiger partial charge in [0, 0.05) is 15.5 Å². The van der Waals surface area contributed by atoms with Crippen molar-refractivity contribution in [2.75, 3.05) is 17.3 Å². The van der Waals surface area contributed by atoms with Crippen LogP contribution in [-0.2, 0) is 14.6 Å². The van der Waals surface area contributed by atoms with Crippen molar-refractivity contribution in [3.8, 4) is 0 Å². The molecule has 0 aliphatic rings. The summed E-state index contributed by atoms with van der Waals surface area (Å²) >= 11 is 2.08. The van der Waals surface area contributed by atoms with Gasteiger partial charge >= 0.3 is 12.0 Å². The van der Waals surface area contributed by atoms with Gasteiger partial charge in [-0.1, -0.05) is 6.07 Å². The largest absolute Gasteiger partial charge is 0.480 e. The van der Waals surface area contributed by atoms with Crippen LogP contribution in [0.15, 0.2) is 24.3 Å². The Kier molecular flexibility index (Phi) is 6.40. The summed E-state index contributed by atoms with van der Waals surface area (Å²) in [4.78, 5) is 22.7. The van der Waals surface area contributed by atoms with Gasteiger partial charge in [-0.05, 0) is 47.2 Å². The van der Waals surface area contributed by atoms with Gasteiger partial charge in [0.15, 0.2) is 0 Å². The average molecular weight is 426 g/mol. The van der Waals surface area contributed by atoms with Gasteiger partial charge < -0.3 is 15.7 Å². The molecule has 0 aromatic heterocycles. The Morgan fingerprint density at radius 2 is 2.05 bits per heavy atom. The molecule has 2 amide bonds. The fraction of sp³-hybridized carbons (Fsp3) is 0.333. The number of hydrogen-bond donors (Lipinski definition) is 3. The highest BCUT2D eigenvalue weighted by atomic mass is 127. The van der Waals surface area contributed by atoms with E-state index in [9.17, 15) is 18.0 Å². The van der Waals surface area contributed by atoms with Crippen LogP contribution in [0.25, 0.3) is 0 Å². The van der Waals surface area contributed by atoms with E-state index in [1.54, 1.807) is 18.2 Å². The molecule has 0 fully saturated rings. The van der Waals surface area contributed by atoms with Crippen LogP contribution in [0.3, 0.4) is 0 Å². The van der Waals surface area contributed by atoms with E-state index in [1.807, 2.05) is 6.07 Å². The Hall–Kier alpha value is -1.36. The van der Waals surface area contributed by atoms with E-state index in [4.69, 9.17) is 5.11 Å². The first-order valence-corrected chi connectivity index (χ1v) is 9.05.